The van der Waals surface area contributed by atoms with E-state index in [9.17, 15) is 14.4 Å². The molecule has 6 nitrogen and oxygen atoms in total. The number of rotatable bonds is 41. The lowest BCUT2D eigenvalue weighted by atomic mass is 10.1. The molecule has 0 aromatic rings. The lowest BCUT2D eigenvalue weighted by Crippen LogP contribution is -2.30. The van der Waals surface area contributed by atoms with Gasteiger partial charge in [-0.3, -0.25) is 14.4 Å². The molecule has 0 aromatic heterocycles. The summed E-state index contributed by atoms with van der Waals surface area (Å²) in [5, 5.41) is 0. The van der Waals surface area contributed by atoms with Gasteiger partial charge >= 0.3 is 17.9 Å². The summed E-state index contributed by atoms with van der Waals surface area (Å²) in [6.45, 7) is 6.40. The number of unbranched alkanes of at least 4 members (excludes halogenated alkanes) is 23. The fourth-order valence-electron chi connectivity index (χ4n) is 6.38. The first-order chi connectivity index (χ1) is 27.0. The molecular formula is C49H86O6. The molecule has 0 saturated carbocycles. The van der Waals surface area contributed by atoms with Crippen molar-refractivity contribution >= 4 is 17.9 Å². The zero-order chi connectivity index (χ0) is 40.1. The summed E-state index contributed by atoms with van der Waals surface area (Å²) in [7, 11) is 0. The second kappa shape index (κ2) is 44.1. The normalized spacial score (nSPS) is 12.4. The van der Waals surface area contributed by atoms with Crippen LogP contribution in [0.2, 0.25) is 0 Å². The number of carbonyl (C=O) groups is 3. The average Bonchev–Trinajstić information content (AvgIpc) is 3.18. The number of ether oxygens (including phenoxy) is 3. The van der Waals surface area contributed by atoms with E-state index in [1.54, 1.807) is 6.08 Å². The molecule has 0 amide bonds. The summed E-state index contributed by atoms with van der Waals surface area (Å²) >= 11 is 0. The van der Waals surface area contributed by atoms with Gasteiger partial charge in [0.2, 0.25) is 0 Å². The van der Waals surface area contributed by atoms with E-state index in [1.807, 2.05) is 6.08 Å². The van der Waals surface area contributed by atoms with Crippen LogP contribution in [0.3, 0.4) is 0 Å². The van der Waals surface area contributed by atoms with Crippen LogP contribution >= 0.6 is 0 Å². The number of carbonyl (C=O) groups excluding carboxylic acids is 3. The Hall–Kier alpha value is -2.63. The number of hydrogen-bond donors (Lipinski definition) is 0. The summed E-state index contributed by atoms with van der Waals surface area (Å²) in [6.07, 6.45) is 51.4. The van der Waals surface area contributed by atoms with E-state index in [0.29, 0.717) is 12.8 Å². The molecule has 318 valence electrons. The van der Waals surface area contributed by atoms with Crippen LogP contribution in [0.15, 0.2) is 48.6 Å². The van der Waals surface area contributed by atoms with E-state index in [2.05, 4.69) is 57.2 Å². The third-order valence-electron chi connectivity index (χ3n) is 9.85. The van der Waals surface area contributed by atoms with E-state index in [4.69, 9.17) is 14.2 Å². The molecule has 0 aliphatic carbocycles. The second-order valence-electron chi connectivity index (χ2n) is 15.3. The predicted octanol–water partition coefficient (Wildman–Crippen LogP) is 14.8. The SMILES string of the molecule is CC/C=C\C/C=C\C/C=C\CC(=O)OCC(COC(=O)CCCCCCC/C=C\CCCCCCCCCCC)OC(=O)CCCCCCCCCCCC. The smallest absolute Gasteiger partial charge is 0.309 e. The van der Waals surface area contributed by atoms with Crippen molar-refractivity contribution in [1.29, 1.82) is 0 Å². The van der Waals surface area contributed by atoms with Crippen molar-refractivity contribution in [1.82, 2.24) is 0 Å². The molecule has 0 aromatic carbocycles. The van der Waals surface area contributed by atoms with Crippen LogP contribution in [0.5, 0.6) is 0 Å². The van der Waals surface area contributed by atoms with Gasteiger partial charge in [0.05, 0.1) is 6.42 Å². The molecule has 0 fully saturated rings. The van der Waals surface area contributed by atoms with E-state index >= 15 is 0 Å². The maximum absolute atomic E-state index is 12.7. The van der Waals surface area contributed by atoms with Gasteiger partial charge in [0.15, 0.2) is 6.10 Å². The van der Waals surface area contributed by atoms with Gasteiger partial charge in [-0.05, 0) is 57.8 Å². The van der Waals surface area contributed by atoms with Crippen molar-refractivity contribution in [2.45, 2.75) is 232 Å². The van der Waals surface area contributed by atoms with Crippen molar-refractivity contribution in [3.8, 4) is 0 Å². The highest BCUT2D eigenvalue weighted by molar-refractivity contribution is 5.72. The van der Waals surface area contributed by atoms with E-state index < -0.39 is 12.1 Å². The minimum Gasteiger partial charge on any atom is -0.462 e. The van der Waals surface area contributed by atoms with Crippen molar-refractivity contribution in [2.24, 2.45) is 0 Å². The van der Waals surface area contributed by atoms with E-state index in [1.165, 1.54) is 122 Å². The molecule has 0 rings (SSSR count). The molecule has 55 heavy (non-hydrogen) atoms. The molecule has 0 aliphatic heterocycles. The maximum Gasteiger partial charge on any atom is 0.309 e. The third kappa shape index (κ3) is 42.4. The van der Waals surface area contributed by atoms with Crippen molar-refractivity contribution in [3.05, 3.63) is 48.6 Å². The van der Waals surface area contributed by atoms with Crippen molar-refractivity contribution in [2.75, 3.05) is 13.2 Å². The predicted molar refractivity (Wildman–Crippen MR) is 233 cm³/mol. The number of allylic oxidation sites excluding steroid dienone is 7. The van der Waals surface area contributed by atoms with Gasteiger partial charge in [0, 0.05) is 12.8 Å². The minimum atomic E-state index is -0.806. The lowest BCUT2D eigenvalue weighted by molar-refractivity contribution is -0.166. The summed E-state index contributed by atoms with van der Waals surface area (Å²) in [5.74, 6) is -1.04. The van der Waals surface area contributed by atoms with Gasteiger partial charge in [-0.25, -0.2) is 0 Å². The highest BCUT2D eigenvalue weighted by Crippen LogP contribution is 2.14. The largest absolute Gasteiger partial charge is 0.462 e. The fraction of sp³-hybridized carbons (Fsp3) is 0.776. The van der Waals surface area contributed by atoms with Crippen LogP contribution < -0.4 is 0 Å². The molecule has 0 aliphatic rings. The van der Waals surface area contributed by atoms with Gasteiger partial charge in [0.25, 0.3) is 0 Å². The Morgan fingerprint density at radius 3 is 1.25 bits per heavy atom. The van der Waals surface area contributed by atoms with Gasteiger partial charge < -0.3 is 14.2 Å². The fourth-order valence-corrected chi connectivity index (χ4v) is 6.38. The summed E-state index contributed by atoms with van der Waals surface area (Å²) < 4.78 is 16.6. The van der Waals surface area contributed by atoms with Crippen LogP contribution in [0.4, 0.5) is 0 Å². The zero-order valence-electron chi connectivity index (χ0n) is 36.2. The Labute approximate surface area is 339 Å². The Morgan fingerprint density at radius 1 is 0.400 bits per heavy atom. The topological polar surface area (TPSA) is 78.9 Å². The van der Waals surface area contributed by atoms with Crippen LogP contribution in [-0.2, 0) is 28.6 Å². The molecule has 0 spiro atoms. The van der Waals surface area contributed by atoms with E-state index in [-0.39, 0.29) is 31.6 Å². The first-order valence-corrected chi connectivity index (χ1v) is 23.1. The maximum atomic E-state index is 12.7. The van der Waals surface area contributed by atoms with Gasteiger partial charge in [-0.1, -0.05) is 198 Å². The molecule has 0 saturated heterocycles. The van der Waals surface area contributed by atoms with Crippen molar-refractivity contribution in [3.63, 3.8) is 0 Å². The first kappa shape index (κ1) is 52.4. The molecule has 0 N–H and O–H groups in total. The summed E-state index contributed by atoms with van der Waals surface area (Å²) in [5.41, 5.74) is 0. The monoisotopic (exact) mass is 771 g/mol. The van der Waals surface area contributed by atoms with Crippen LogP contribution in [0, 0.1) is 0 Å². The highest BCUT2D eigenvalue weighted by Gasteiger charge is 2.19. The molecule has 6 heteroatoms. The molecule has 1 atom stereocenters. The summed E-state index contributed by atoms with van der Waals surface area (Å²) in [6, 6.07) is 0. The van der Waals surface area contributed by atoms with Crippen molar-refractivity contribution < 1.29 is 28.6 Å². The van der Waals surface area contributed by atoms with Gasteiger partial charge in [0.1, 0.15) is 13.2 Å². The summed E-state index contributed by atoms with van der Waals surface area (Å²) in [4.78, 5) is 37.6. The number of esters is 3. The molecule has 0 radical (unpaired) electrons. The highest BCUT2D eigenvalue weighted by atomic mass is 16.6. The van der Waals surface area contributed by atoms with E-state index in [0.717, 1.165) is 64.2 Å². The Morgan fingerprint density at radius 2 is 0.782 bits per heavy atom. The molecule has 0 bridgehead atoms. The van der Waals surface area contributed by atoms with Crippen LogP contribution in [0.25, 0.3) is 0 Å². The molecule has 1 unspecified atom stereocenters. The third-order valence-corrected chi connectivity index (χ3v) is 9.85. The number of hydrogen-bond acceptors (Lipinski definition) is 6. The second-order valence-corrected chi connectivity index (χ2v) is 15.3. The van der Waals surface area contributed by atoms with Gasteiger partial charge in [-0.15, -0.1) is 0 Å². The quantitative estimate of drug-likeness (QED) is 0.0267. The van der Waals surface area contributed by atoms with Gasteiger partial charge in [-0.2, -0.15) is 0 Å². The molecular weight excluding hydrogens is 685 g/mol. The molecule has 0 heterocycles. The Balaban J connectivity index is 4.34. The Kier molecular flexibility index (Phi) is 42.0. The Bertz CT molecular complexity index is 980. The zero-order valence-corrected chi connectivity index (χ0v) is 36.2. The first-order valence-electron chi connectivity index (χ1n) is 23.1. The average molecular weight is 771 g/mol. The lowest BCUT2D eigenvalue weighted by Gasteiger charge is -2.18. The van der Waals surface area contributed by atoms with Crippen LogP contribution in [0.1, 0.15) is 226 Å². The van der Waals surface area contributed by atoms with Crippen LogP contribution in [-0.4, -0.2) is 37.2 Å². The standard InChI is InChI=1S/C49H86O6/c1-4-7-10-13-16-19-21-22-23-24-25-26-27-28-31-33-36-39-42-48(51)54-45-46(44-53-47(50)41-38-35-32-29-18-15-12-9-6-3)55-49(52)43-40-37-34-30-20-17-14-11-8-5-2/h9,12,18,25-26,29,35,38,46H,4-8,10-11,13-17,19-24,27-28,30-34,36-37,39-45H2,1-3H3/b12-9-,26-25-,29-18-,38-35-. The minimum absolute atomic E-state index is 0.103.